The van der Waals surface area contributed by atoms with Gasteiger partial charge in [-0.25, -0.2) is 4.39 Å². The molecule has 0 unspecified atom stereocenters. The van der Waals surface area contributed by atoms with Gasteiger partial charge in [0, 0.05) is 18.0 Å². The molecule has 0 bridgehead atoms. The Morgan fingerprint density at radius 3 is 2.50 bits per heavy atom. The van der Waals surface area contributed by atoms with E-state index in [1.807, 2.05) is 12.1 Å². The minimum Gasteiger partial charge on any atom is -0.301 e. The second-order valence-electron chi connectivity index (χ2n) is 4.32. The van der Waals surface area contributed by atoms with Crippen LogP contribution in [0.3, 0.4) is 0 Å². The van der Waals surface area contributed by atoms with Gasteiger partial charge >= 0.3 is 0 Å². The first-order valence-corrected chi connectivity index (χ1v) is 7.41. The molecule has 0 aliphatic carbocycles. The van der Waals surface area contributed by atoms with Crippen molar-refractivity contribution < 1.29 is 4.39 Å². The summed E-state index contributed by atoms with van der Waals surface area (Å²) in [4.78, 5) is 3.63. The summed E-state index contributed by atoms with van der Waals surface area (Å²) in [6, 6.07) is 11.0. The first-order chi connectivity index (χ1) is 8.63. The zero-order valence-electron chi connectivity index (χ0n) is 10.2. The van der Waals surface area contributed by atoms with Crippen LogP contribution in [0.25, 0.3) is 0 Å². The predicted octanol–water partition coefficient (Wildman–Crippen LogP) is 4.32. The van der Waals surface area contributed by atoms with Crippen molar-refractivity contribution in [2.24, 2.45) is 0 Å². The molecule has 1 aromatic heterocycles. The third kappa shape index (κ3) is 4.19. The summed E-state index contributed by atoms with van der Waals surface area (Å²) in [5, 5.41) is 0. The number of thiophene rings is 1. The van der Waals surface area contributed by atoms with E-state index in [0.717, 1.165) is 19.5 Å². The number of halogens is 2. The molecule has 0 N–H and O–H groups in total. The quantitative estimate of drug-likeness (QED) is 0.790. The summed E-state index contributed by atoms with van der Waals surface area (Å²) in [7, 11) is 2.11. The molecule has 4 heteroatoms. The molecule has 2 aromatic rings. The largest absolute Gasteiger partial charge is 0.301 e. The fourth-order valence-electron chi connectivity index (χ4n) is 1.75. The van der Waals surface area contributed by atoms with Gasteiger partial charge in [0.25, 0.3) is 0 Å². The number of rotatable bonds is 5. The maximum Gasteiger partial charge on any atom is 0.123 e. The number of benzene rings is 1. The van der Waals surface area contributed by atoms with Gasteiger partial charge in [-0.2, -0.15) is 0 Å². The molecule has 1 aromatic carbocycles. The normalized spacial score (nSPS) is 11.1. The van der Waals surface area contributed by atoms with Gasteiger partial charge in [0.15, 0.2) is 0 Å². The monoisotopic (exact) mass is 327 g/mol. The lowest BCUT2D eigenvalue weighted by atomic mass is 10.1. The number of hydrogen-bond acceptors (Lipinski definition) is 2. The van der Waals surface area contributed by atoms with Crippen LogP contribution in [-0.4, -0.2) is 18.5 Å². The van der Waals surface area contributed by atoms with E-state index in [2.05, 4.69) is 40.0 Å². The number of nitrogens with zero attached hydrogens (tertiary/aromatic N) is 1. The van der Waals surface area contributed by atoms with Crippen LogP contribution in [0, 0.1) is 5.82 Å². The first-order valence-electron chi connectivity index (χ1n) is 5.81. The van der Waals surface area contributed by atoms with E-state index in [9.17, 15) is 4.39 Å². The lowest BCUT2D eigenvalue weighted by Gasteiger charge is -2.15. The molecule has 0 radical (unpaired) electrons. The second-order valence-corrected chi connectivity index (χ2v) is 6.87. The highest BCUT2D eigenvalue weighted by Crippen LogP contribution is 2.22. The lowest BCUT2D eigenvalue weighted by Crippen LogP contribution is -2.20. The fraction of sp³-hybridized carbons (Fsp3) is 0.286. The molecule has 0 saturated carbocycles. The third-order valence-corrected chi connectivity index (χ3v) is 4.36. The Hall–Kier alpha value is -0.710. The van der Waals surface area contributed by atoms with Gasteiger partial charge < -0.3 is 4.90 Å². The Balaban J connectivity index is 1.81. The Kier molecular flexibility index (Phi) is 4.92. The fourth-order valence-corrected chi connectivity index (χ4v) is 3.32. The van der Waals surface area contributed by atoms with Crippen molar-refractivity contribution in [2.45, 2.75) is 13.0 Å². The SMILES string of the molecule is CN(CCc1ccc(F)cc1)Cc1ccc(Br)s1. The maximum atomic E-state index is 12.8. The highest BCUT2D eigenvalue weighted by molar-refractivity contribution is 9.11. The average Bonchev–Trinajstić information content (AvgIpc) is 2.74. The van der Waals surface area contributed by atoms with Crippen molar-refractivity contribution in [3.63, 3.8) is 0 Å². The molecule has 0 amide bonds. The summed E-state index contributed by atoms with van der Waals surface area (Å²) >= 11 is 5.23. The molecule has 0 fully saturated rings. The van der Waals surface area contributed by atoms with E-state index in [1.165, 1.54) is 26.4 Å². The number of hydrogen-bond donors (Lipinski definition) is 0. The lowest BCUT2D eigenvalue weighted by molar-refractivity contribution is 0.334. The zero-order valence-corrected chi connectivity index (χ0v) is 12.6. The van der Waals surface area contributed by atoms with Crippen LogP contribution in [0.15, 0.2) is 40.2 Å². The third-order valence-electron chi connectivity index (χ3n) is 2.75. The van der Waals surface area contributed by atoms with Crippen molar-refractivity contribution in [2.75, 3.05) is 13.6 Å². The summed E-state index contributed by atoms with van der Waals surface area (Å²) in [5.41, 5.74) is 1.18. The Morgan fingerprint density at radius 2 is 1.89 bits per heavy atom. The molecular weight excluding hydrogens is 313 g/mol. The number of likely N-dealkylation sites (N-methyl/N-ethyl adjacent to an activating group) is 1. The van der Waals surface area contributed by atoms with Gasteiger partial charge in [-0.15, -0.1) is 11.3 Å². The topological polar surface area (TPSA) is 3.24 Å². The van der Waals surface area contributed by atoms with Crippen LogP contribution in [0.4, 0.5) is 4.39 Å². The molecule has 0 saturated heterocycles. The van der Waals surface area contributed by atoms with Gasteiger partial charge in [-0.05, 0) is 59.2 Å². The minimum atomic E-state index is -0.171. The average molecular weight is 328 g/mol. The molecule has 1 heterocycles. The Bertz CT molecular complexity index is 495. The molecular formula is C14H15BrFNS. The summed E-state index contributed by atoms with van der Waals surface area (Å²) in [6.07, 6.45) is 0.948. The Morgan fingerprint density at radius 1 is 1.17 bits per heavy atom. The van der Waals surface area contributed by atoms with Gasteiger partial charge in [0.2, 0.25) is 0 Å². The molecule has 96 valence electrons. The summed E-state index contributed by atoms with van der Waals surface area (Å²) < 4.78 is 13.9. The summed E-state index contributed by atoms with van der Waals surface area (Å²) in [5.74, 6) is -0.171. The van der Waals surface area contributed by atoms with Crippen LogP contribution < -0.4 is 0 Å². The molecule has 18 heavy (non-hydrogen) atoms. The van der Waals surface area contributed by atoms with E-state index >= 15 is 0 Å². The van der Waals surface area contributed by atoms with Gasteiger partial charge in [0.1, 0.15) is 5.82 Å². The van der Waals surface area contributed by atoms with Crippen molar-refractivity contribution in [1.82, 2.24) is 4.90 Å². The van der Waals surface area contributed by atoms with Crippen LogP contribution >= 0.6 is 27.3 Å². The first kappa shape index (κ1) is 13.7. The van der Waals surface area contributed by atoms with Crippen molar-refractivity contribution >= 4 is 27.3 Å². The maximum absolute atomic E-state index is 12.8. The smallest absolute Gasteiger partial charge is 0.123 e. The standard InChI is InChI=1S/C14H15BrFNS/c1-17(10-13-6-7-14(15)18-13)9-8-11-2-4-12(16)5-3-11/h2-7H,8-10H2,1H3. The van der Waals surface area contributed by atoms with E-state index in [1.54, 1.807) is 11.3 Å². The van der Waals surface area contributed by atoms with Gasteiger partial charge in [-0.1, -0.05) is 12.1 Å². The van der Waals surface area contributed by atoms with Crippen LogP contribution in [0.5, 0.6) is 0 Å². The second kappa shape index (κ2) is 6.45. The molecule has 0 spiro atoms. The van der Waals surface area contributed by atoms with Crippen LogP contribution in [0.1, 0.15) is 10.4 Å². The van der Waals surface area contributed by atoms with E-state index in [4.69, 9.17) is 0 Å². The minimum absolute atomic E-state index is 0.171. The highest BCUT2D eigenvalue weighted by atomic mass is 79.9. The molecule has 2 rings (SSSR count). The Labute approximate surface area is 119 Å². The van der Waals surface area contributed by atoms with Gasteiger partial charge in [0.05, 0.1) is 3.79 Å². The van der Waals surface area contributed by atoms with Crippen LogP contribution in [0.2, 0.25) is 0 Å². The molecule has 1 nitrogen and oxygen atoms in total. The highest BCUT2D eigenvalue weighted by Gasteiger charge is 2.03. The van der Waals surface area contributed by atoms with E-state index in [0.29, 0.717) is 0 Å². The van der Waals surface area contributed by atoms with Crippen molar-refractivity contribution in [3.8, 4) is 0 Å². The van der Waals surface area contributed by atoms with Gasteiger partial charge in [-0.3, -0.25) is 0 Å². The van der Waals surface area contributed by atoms with E-state index in [-0.39, 0.29) is 5.82 Å². The van der Waals surface area contributed by atoms with Crippen molar-refractivity contribution in [1.29, 1.82) is 0 Å². The molecule has 0 aliphatic rings. The molecule has 0 atom stereocenters. The predicted molar refractivity (Wildman–Crippen MR) is 78.5 cm³/mol. The van der Waals surface area contributed by atoms with Crippen LogP contribution in [-0.2, 0) is 13.0 Å². The zero-order chi connectivity index (χ0) is 13.0. The molecule has 0 aliphatic heterocycles. The summed E-state index contributed by atoms with van der Waals surface area (Å²) in [6.45, 7) is 1.93. The van der Waals surface area contributed by atoms with E-state index < -0.39 is 0 Å². The van der Waals surface area contributed by atoms with Crippen molar-refractivity contribution in [3.05, 3.63) is 56.4 Å².